The first-order chi connectivity index (χ1) is 7.75. The summed E-state index contributed by atoms with van der Waals surface area (Å²) in [7, 11) is 0. The predicted octanol–water partition coefficient (Wildman–Crippen LogP) is -0.477. The number of carbonyl (C=O) groups excluding carboxylic acids is 2. The summed E-state index contributed by atoms with van der Waals surface area (Å²) in [4.78, 5) is 23.1. The molecule has 2 aliphatic heterocycles. The Morgan fingerprint density at radius 1 is 1.31 bits per heavy atom. The van der Waals surface area contributed by atoms with Crippen LogP contribution in [-0.4, -0.2) is 37.0 Å². The van der Waals surface area contributed by atoms with E-state index in [0.717, 1.165) is 38.8 Å². The Morgan fingerprint density at radius 3 is 2.81 bits per heavy atom. The van der Waals surface area contributed by atoms with Gasteiger partial charge in [0.2, 0.25) is 11.8 Å². The standard InChI is InChI=1S/C11H19N3O2/c15-10(7-8-3-1-5-12-8)14-9-4-2-6-13-11(9)16/h8-9,12H,1-7H2,(H,13,16)(H,14,15). The van der Waals surface area contributed by atoms with Gasteiger partial charge in [-0.3, -0.25) is 9.59 Å². The monoisotopic (exact) mass is 225 g/mol. The fourth-order valence-corrected chi connectivity index (χ4v) is 2.32. The molecule has 0 radical (unpaired) electrons. The van der Waals surface area contributed by atoms with E-state index in [0.29, 0.717) is 12.5 Å². The van der Waals surface area contributed by atoms with Crippen LogP contribution >= 0.6 is 0 Å². The smallest absolute Gasteiger partial charge is 0.242 e. The van der Waals surface area contributed by atoms with Crippen molar-refractivity contribution >= 4 is 11.8 Å². The van der Waals surface area contributed by atoms with Crippen LogP contribution in [0.25, 0.3) is 0 Å². The van der Waals surface area contributed by atoms with E-state index in [1.807, 2.05) is 0 Å². The molecule has 2 unspecified atom stereocenters. The minimum atomic E-state index is -0.317. The van der Waals surface area contributed by atoms with Crippen molar-refractivity contribution in [3.05, 3.63) is 0 Å². The number of hydrogen-bond donors (Lipinski definition) is 3. The van der Waals surface area contributed by atoms with E-state index in [4.69, 9.17) is 0 Å². The maximum atomic E-state index is 11.7. The first-order valence-electron chi connectivity index (χ1n) is 6.06. The van der Waals surface area contributed by atoms with E-state index in [1.54, 1.807) is 0 Å². The average molecular weight is 225 g/mol. The molecule has 0 aromatic heterocycles. The molecule has 3 N–H and O–H groups in total. The van der Waals surface area contributed by atoms with Gasteiger partial charge in [-0.1, -0.05) is 0 Å². The van der Waals surface area contributed by atoms with E-state index in [1.165, 1.54) is 0 Å². The summed E-state index contributed by atoms with van der Waals surface area (Å²) in [6.07, 6.45) is 4.39. The molecule has 2 atom stereocenters. The summed E-state index contributed by atoms with van der Waals surface area (Å²) >= 11 is 0. The number of carbonyl (C=O) groups is 2. The van der Waals surface area contributed by atoms with Crippen LogP contribution in [0.5, 0.6) is 0 Å². The molecule has 0 spiro atoms. The van der Waals surface area contributed by atoms with Gasteiger partial charge >= 0.3 is 0 Å². The summed E-state index contributed by atoms with van der Waals surface area (Å²) in [6, 6.07) is -0.0192. The van der Waals surface area contributed by atoms with Crippen LogP contribution in [0, 0.1) is 0 Å². The van der Waals surface area contributed by atoms with Crippen molar-refractivity contribution in [1.82, 2.24) is 16.0 Å². The SMILES string of the molecule is O=C(CC1CCCN1)NC1CCCNC1=O. The second kappa shape index (κ2) is 5.30. The molecule has 0 aromatic rings. The Bertz CT molecular complexity index is 274. The molecule has 0 bridgehead atoms. The van der Waals surface area contributed by atoms with Gasteiger partial charge < -0.3 is 16.0 Å². The maximum Gasteiger partial charge on any atom is 0.242 e. The lowest BCUT2D eigenvalue weighted by Crippen LogP contribution is -2.50. The zero-order valence-electron chi connectivity index (χ0n) is 9.42. The molecule has 2 fully saturated rings. The van der Waals surface area contributed by atoms with Crippen molar-refractivity contribution in [2.45, 2.75) is 44.2 Å². The van der Waals surface area contributed by atoms with Crippen LogP contribution < -0.4 is 16.0 Å². The Hall–Kier alpha value is -1.10. The first kappa shape index (κ1) is 11.4. The van der Waals surface area contributed by atoms with Gasteiger partial charge in [-0.05, 0) is 32.2 Å². The van der Waals surface area contributed by atoms with E-state index in [-0.39, 0.29) is 17.9 Å². The normalized spacial score (nSPS) is 29.9. The van der Waals surface area contributed by atoms with Gasteiger partial charge in [0.1, 0.15) is 6.04 Å². The van der Waals surface area contributed by atoms with Crippen molar-refractivity contribution in [2.24, 2.45) is 0 Å². The zero-order chi connectivity index (χ0) is 11.4. The van der Waals surface area contributed by atoms with Crippen LogP contribution in [0.15, 0.2) is 0 Å². The molecule has 2 heterocycles. The lowest BCUT2D eigenvalue weighted by Gasteiger charge is -2.23. The Balaban J connectivity index is 1.75. The molecule has 2 saturated heterocycles. The lowest BCUT2D eigenvalue weighted by molar-refractivity contribution is -0.130. The summed E-state index contributed by atoms with van der Waals surface area (Å²) in [6.45, 7) is 1.73. The van der Waals surface area contributed by atoms with E-state index < -0.39 is 0 Å². The third-order valence-corrected chi connectivity index (χ3v) is 3.21. The van der Waals surface area contributed by atoms with Gasteiger partial charge in [-0.15, -0.1) is 0 Å². The van der Waals surface area contributed by atoms with Crippen molar-refractivity contribution in [3.63, 3.8) is 0 Å². The van der Waals surface area contributed by atoms with Crippen LogP contribution in [0.4, 0.5) is 0 Å². The summed E-state index contributed by atoms with van der Waals surface area (Å²) in [5.74, 6) is -0.0552. The van der Waals surface area contributed by atoms with E-state index >= 15 is 0 Å². The highest BCUT2D eigenvalue weighted by Gasteiger charge is 2.25. The molecule has 2 aliphatic rings. The van der Waals surface area contributed by atoms with Crippen LogP contribution in [0.1, 0.15) is 32.1 Å². The summed E-state index contributed by atoms with van der Waals surface area (Å²) in [5.41, 5.74) is 0. The Morgan fingerprint density at radius 2 is 2.12 bits per heavy atom. The van der Waals surface area contributed by atoms with Gasteiger partial charge in [0.05, 0.1) is 0 Å². The molecule has 90 valence electrons. The second-order valence-electron chi connectivity index (χ2n) is 4.55. The molecule has 0 aliphatic carbocycles. The molecule has 5 heteroatoms. The Kier molecular flexibility index (Phi) is 3.77. The number of piperidine rings is 1. The molecular formula is C11H19N3O2. The van der Waals surface area contributed by atoms with Crippen molar-refractivity contribution in [2.75, 3.05) is 13.1 Å². The fraction of sp³-hybridized carbons (Fsp3) is 0.818. The minimum Gasteiger partial charge on any atom is -0.354 e. The van der Waals surface area contributed by atoms with E-state index in [2.05, 4.69) is 16.0 Å². The van der Waals surface area contributed by atoms with Gasteiger partial charge in [0, 0.05) is 19.0 Å². The van der Waals surface area contributed by atoms with Gasteiger partial charge in [0.15, 0.2) is 0 Å². The molecule has 5 nitrogen and oxygen atoms in total. The summed E-state index contributed by atoms with van der Waals surface area (Å²) in [5, 5.41) is 8.84. The molecular weight excluding hydrogens is 206 g/mol. The van der Waals surface area contributed by atoms with Crippen LogP contribution in [0.3, 0.4) is 0 Å². The van der Waals surface area contributed by atoms with E-state index in [9.17, 15) is 9.59 Å². The number of rotatable bonds is 3. The molecule has 16 heavy (non-hydrogen) atoms. The largest absolute Gasteiger partial charge is 0.354 e. The first-order valence-corrected chi connectivity index (χ1v) is 6.06. The topological polar surface area (TPSA) is 70.2 Å². The molecule has 2 amide bonds. The highest BCUT2D eigenvalue weighted by atomic mass is 16.2. The van der Waals surface area contributed by atoms with Gasteiger partial charge in [-0.2, -0.15) is 0 Å². The number of amides is 2. The quantitative estimate of drug-likeness (QED) is 0.608. The van der Waals surface area contributed by atoms with Gasteiger partial charge in [0.25, 0.3) is 0 Å². The fourth-order valence-electron chi connectivity index (χ4n) is 2.32. The average Bonchev–Trinajstić information content (AvgIpc) is 2.74. The third kappa shape index (κ3) is 2.95. The lowest BCUT2D eigenvalue weighted by atomic mass is 10.1. The van der Waals surface area contributed by atoms with Gasteiger partial charge in [-0.25, -0.2) is 0 Å². The van der Waals surface area contributed by atoms with Crippen molar-refractivity contribution < 1.29 is 9.59 Å². The predicted molar refractivity (Wildman–Crippen MR) is 59.8 cm³/mol. The van der Waals surface area contributed by atoms with Crippen LogP contribution in [-0.2, 0) is 9.59 Å². The molecule has 0 aromatic carbocycles. The van der Waals surface area contributed by atoms with Crippen molar-refractivity contribution in [1.29, 1.82) is 0 Å². The van der Waals surface area contributed by atoms with Crippen LogP contribution in [0.2, 0.25) is 0 Å². The zero-order valence-corrected chi connectivity index (χ0v) is 9.42. The highest BCUT2D eigenvalue weighted by molar-refractivity contribution is 5.88. The minimum absolute atomic E-state index is 0.0125. The number of hydrogen-bond acceptors (Lipinski definition) is 3. The molecule has 2 rings (SSSR count). The van der Waals surface area contributed by atoms with Crippen molar-refractivity contribution in [3.8, 4) is 0 Å². The summed E-state index contributed by atoms with van der Waals surface area (Å²) < 4.78 is 0. The highest BCUT2D eigenvalue weighted by Crippen LogP contribution is 2.09. The molecule has 0 saturated carbocycles. The maximum absolute atomic E-state index is 11.7. The number of nitrogens with one attached hydrogen (secondary N) is 3. The Labute approximate surface area is 95.3 Å². The second-order valence-corrected chi connectivity index (χ2v) is 4.55. The third-order valence-electron chi connectivity index (χ3n) is 3.21.